The van der Waals surface area contributed by atoms with Crippen LogP contribution < -0.4 is 16.4 Å². The van der Waals surface area contributed by atoms with Gasteiger partial charge in [0.2, 0.25) is 11.8 Å². The van der Waals surface area contributed by atoms with Crippen LogP contribution in [-0.2, 0) is 36.5 Å². The van der Waals surface area contributed by atoms with Crippen LogP contribution in [0.15, 0.2) is 33.9 Å². The zero-order chi connectivity index (χ0) is 22.8. The van der Waals surface area contributed by atoms with Crippen molar-refractivity contribution in [2.45, 2.75) is 18.8 Å². The number of hydrogen-bond donors (Lipinski definition) is 0. The number of benzene rings is 1. The first-order valence-electron chi connectivity index (χ1n) is 9.68. The van der Waals surface area contributed by atoms with Gasteiger partial charge >= 0.3 is 11.7 Å². The largest absolute Gasteiger partial charge is 0.860 e. The molecule has 2 aliphatic rings. The molecule has 0 saturated carbocycles. The fourth-order valence-electron chi connectivity index (χ4n) is 4.78. The summed E-state index contributed by atoms with van der Waals surface area (Å²) in [5.41, 5.74) is -2.29. The predicted octanol–water partition coefficient (Wildman–Crippen LogP) is -0.923. The van der Waals surface area contributed by atoms with Crippen molar-refractivity contribution < 1.29 is 19.5 Å². The Hall–Kier alpha value is -3.69. The number of barbiturate groups is 1. The fourth-order valence-corrected chi connectivity index (χ4v) is 4.78. The van der Waals surface area contributed by atoms with Crippen LogP contribution in [-0.4, -0.2) is 50.9 Å². The van der Waals surface area contributed by atoms with Gasteiger partial charge in [-0.1, -0.05) is 24.3 Å². The van der Waals surface area contributed by atoms with Crippen molar-refractivity contribution in [3.63, 3.8) is 0 Å². The fraction of sp³-hybridized carbons (Fsp3) is 0.381. The molecule has 1 aliphatic carbocycles. The van der Waals surface area contributed by atoms with E-state index in [0.29, 0.717) is 0 Å². The molecule has 1 aromatic heterocycles. The maximum Gasteiger partial charge on any atom is 0.332 e. The number of aromatic nitrogens is 2. The second-order valence-corrected chi connectivity index (χ2v) is 8.11. The lowest BCUT2D eigenvalue weighted by Gasteiger charge is -2.48. The number of nitrogens with zero attached hydrogens (tertiary/aromatic N) is 4. The Morgan fingerprint density at radius 1 is 0.871 bits per heavy atom. The molecule has 2 aromatic rings. The molecule has 10 nitrogen and oxygen atoms in total. The Labute approximate surface area is 176 Å². The van der Waals surface area contributed by atoms with Gasteiger partial charge in [-0.25, -0.2) is 9.59 Å². The number of amides is 4. The summed E-state index contributed by atoms with van der Waals surface area (Å²) in [7, 11) is 5.01. The first-order chi connectivity index (χ1) is 14.5. The summed E-state index contributed by atoms with van der Waals surface area (Å²) in [6.07, 6.45) is -0.00882. The first-order valence-corrected chi connectivity index (χ1v) is 9.68. The summed E-state index contributed by atoms with van der Waals surface area (Å²) >= 11 is 0. The summed E-state index contributed by atoms with van der Waals surface area (Å²) in [6, 6.07) is 6.36. The molecule has 1 atom stereocenters. The van der Waals surface area contributed by atoms with E-state index in [2.05, 4.69) is 0 Å². The Morgan fingerprint density at radius 3 is 2.00 bits per heavy atom. The molecule has 1 unspecified atom stereocenters. The van der Waals surface area contributed by atoms with E-state index in [1.54, 1.807) is 18.2 Å². The van der Waals surface area contributed by atoms with E-state index in [-0.39, 0.29) is 18.4 Å². The minimum atomic E-state index is -1.85. The highest BCUT2D eigenvalue weighted by molar-refractivity contribution is 6.19. The topological polar surface area (TPSA) is 125 Å². The summed E-state index contributed by atoms with van der Waals surface area (Å²) < 4.78 is 1.59. The highest BCUT2D eigenvalue weighted by Gasteiger charge is 2.62. The van der Waals surface area contributed by atoms with Crippen LogP contribution >= 0.6 is 0 Å². The van der Waals surface area contributed by atoms with E-state index in [1.807, 2.05) is 6.07 Å². The molecule has 1 spiro atoms. The molecule has 1 aromatic carbocycles. The lowest BCUT2D eigenvalue weighted by atomic mass is 9.60. The Balaban J connectivity index is 2.08. The summed E-state index contributed by atoms with van der Waals surface area (Å²) in [5, 5.41) is 13.1. The lowest BCUT2D eigenvalue weighted by molar-refractivity contribution is -0.281. The van der Waals surface area contributed by atoms with Crippen LogP contribution in [0.1, 0.15) is 22.6 Å². The summed E-state index contributed by atoms with van der Waals surface area (Å²) in [4.78, 5) is 66.4. The second-order valence-electron chi connectivity index (χ2n) is 8.11. The van der Waals surface area contributed by atoms with Crippen molar-refractivity contribution in [2.75, 3.05) is 14.1 Å². The quantitative estimate of drug-likeness (QED) is 0.544. The maximum absolute atomic E-state index is 13.5. The van der Waals surface area contributed by atoms with Gasteiger partial charge in [0.25, 0.3) is 5.56 Å². The van der Waals surface area contributed by atoms with Crippen molar-refractivity contribution in [1.82, 2.24) is 18.9 Å². The molecule has 1 aliphatic heterocycles. The van der Waals surface area contributed by atoms with Gasteiger partial charge in [0.05, 0.1) is 0 Å². The van der Waals surface area contributed by atoms with Crippen molar-refractivity contribution in [1.29, 1.82) is 0 Å². The van der Waals surface area contributed by atoms with Crippen molar-refractivity contribution in [2.24, 2.45) is 19.5 Å². The Kier molecular flexibility index (Phi) is 4.42. The number of rotatable bonds is 1. The molecule has 1 fully saturated rings. The molecule has 162 valence electrons. The minimum absolute atomic E-state index is 0.0617. The monoisotopic (exact) mass is 425 g/mol. The molecule has 0 radical (unpaired) electrons. The van der Waals surface area contributed by atoms with Crippen LogP contribution in [0.5, 0.6) is 5.88 Å². The van der Waals surface area contributed by atoms with Gasteiger partial charge in [-0.3, -0.25) is 28.8 Å². The SMILES string of the molecule is CN1C(=O)N(C)C(=O)C2(Cc3ccccc3CC2c2c([O-])n(C)c(=O)n(C)c2=O)C1=O. The van der Waals surface area contributed by atoms with Crippen LogP contribution in [0.2, 0.25) is 0 Å². The normalized spacial score (nSPS) is 20.4. The van der Waals surface area contributed by atoms with E-state index in [0.717, 1.165) is 30.1 Å². The van der Waals surface area contributed by atoms with Gasteiger partial charge in [0.15, 0.2) is 0 Å². The van der Waals surface area contributed by atoms with Gasteiger partial charge in [-0.05, 0) is 29.8 Å². The van der Waals surface area contributed by atoms with Gasteiger partial charge < -0.3 is 9.67 Å². The number of imide groups is 2. The van der Waals surface area contributed by atoms with E-state index >= 15 is 0 Å². The molecular weight excluding hydrogens is 404 g/mol. The molecule has 4 amide bonds. The molecule has 31 heavy (non-hydrogen) atoms. The summed E-state index contributed by atoms with van der Waals surface area (Å²) in [6.45, 7) is 0. The van der Waals surface area contributed by atoms with Crippen LogP contribution in [0.4, 0.5) is 4.79 Å². The van der Waals surface area contributed by atoms with Gasteiger partial charge in [0.1, 0.15) is 5.41 Å². The Bertz CT molecular complexity index is 1250. The van der Waals surface area contributed by atoms with Crippen molar-refractivity contribution >= 4 is 17.8 Å². The highest BCUT2D eigenvalue weighted by atomic mass is 16.3. The average molecular weight is 425 g/mol. The third kappa shape index (κ3) is 2.54. The number of fused-ring (bicyclic) bond motifs is 1. The average Bonchev–Trinajstić information content (AvgIpc) is 2.77. The number of hydrogen-bond acceptors (Lipinski definition) is 6. The Morgan fingerprint density at radius 2 is 1.42 bits per heavy atom. The van der Waals surface area contributed by atoms with Crippen molar-refractivity contribution in [3.05, 3.63) is 61.8 Å². The van der Waals surface area contributed by atoms with Crippen LogP contribution in [0.3, 0.4) is 0 Å². The number of urea groups is 1. The molecule has 0 N–H and O–H groups in total. The van der Waals surface area contributed by atoms with Gasteiger partial charge in [-0.2, -0.15) is 0 Å². The van der Waals surface area contributed by atoms with Gasteiger partial charge in [-0.15, -0.1) is 0 Å². The molecule has 1 saturated heterocycles. The first kappa shape index (κ1) is 20.6. The van der Waals surface area contributed by atoms with E-state index in [1.165, 1.54) is 28.2 Å². The molecule has 4 rings (SSSR count). The van der Waals surface area contributed by atoms with E-state index in [9.17, 15) is 29.1 Å². The molecular formula is C21H21N4O6-. The van der Waals surface area contributed by atoms with E-state index < -0.39 is 46.3 Å². The molecule has 0 bridgehead atoms. The van der Waals surface area contributed by atoms with Crippen LogP contribution in [0.25, 0.3) is 0 Å². The zero-order valence-electron chi connectivity index (χ0n) is 17.5. The molecule has 2 heterocycles. The smallest absolute Gasteiger partial charge is 0.332 e. The standard InChI is InChI=1S/C21H22N4O6/c1-22-15(26)14(16(27)23(2)19(22)30)13-9-11-7-5-6-8-12(11)10-21(13)17(28)24(3)20(31)25(4)18(21)29/h5-8,13,26H,9-10H2,1-4H3/p-1. The minimum Gasteiger partial charge on any atom is -0.860 e. The molecule has 10 heteroatoms. The highest BCUT2D eigenvalue weighted by Crippen LogP contribution is 2.50. The van der Waals surface area contributed by atoms with Gasteiger partial charge in [0, 0.05) is 39.7 Å². The van der Waals surface area contributed by atoms with E-state index in [4.69, 9.17) is 0 Å². The number of carbonyl (C=O) groups is 3. The third-order valence-electron chi connectivity index (χ3n) is 6.55. The predicted molar refractivity (Wildman–Crippen MR) is 106 cm³/mol. The lowest BCUT2D eigenvalue weighted by Crippen LogP contribution is -2.67. The zero-order valence-corrected chi connectivity index (χ0v) is 17.5. The van der Waals surface area contributed by atoms with Crippen LogP contribution in [0, 0.1) is 5.41 Å². The summed E-state index contributed by atoms with van der Waals surface area (Å²) in [5.74, 6) is -3.52. The third-order valence-corrected chi connectivity index (χ3v) is 6.55. The second kappa shape index (κ2) is 6.66. The number of carbonyl (C=O) groups excluding carboxylic acids is 3. The van der Waals surface area contributed by atoms with Crippen molar-refractivity contribution in [3.8, 4) is 5.88 Å². The maximum atomic E-state index is 13.5.